The lowest BCUT2D eigenvalue weighted by atomic mass is 9.85. The molecule has 0 saturated heterocycles. The number of hydrogen-bond acceptors (Lipinski definition) is 4. The van der Waals surface area contributed by atoms with Crippen LogP contribution in [-0.4, -0.2) is 23.0 Å². The summed E-state index contributed by atoms with van der Waals surface area (Å²) >= 11 is 0. The average Bonchev–Trinajstić information content (AvgIpc) is 2.91. The second-order valence-corrected chi connectivity index (χ2v) is 9.03. The van der Waals surface area contributed by atoms with Crippen molar-refractivity contribution in [1.82, 2.24) is 4.98 Å². The van der Waals surface area contributed by atoms with E-state index in [0.29, 0.717) is 5.92 Å². The number of nitrogens with zero attached hydrogens (tertiary/aromatic N) is 2. The Kier molecular flexibility index (Phi) is 8.21. The lowest BCUT2D eigenvalue weighted by Gasteiger charge is -2.25. The van der Waals surface area contributed by atoms with Crippen LogP contribution in [0.15, 0.2) is 66.9 Å². The Hall–Kier alpha value is -3.75. The van der Waals surface area contributed by atoms with Crippen molar-refractivity contribution in [3.8, 4) is 0 Å². The molecule has 9 heteroatoms. The minimum atomic E-state index is -5.23. The highest BCUT2D eigenvalue weighted by Crippen LogP contribution is 2.33. The fourth-order valence-corrected chi connectivity index (χ4v) is 4.45. The molecule has 1 amide bonds. The maximum Gasteiger partial charge on any atom is 0.471 e. The van der Waals surface area contributed by atoms with Gasteiger partial charge in [0.25, 0.3) is 0 Å². The van der Waals surface area contributed by atoms with Gasteiger partial charge in [-0.2, -0.15) is 13.2 Å². The van der Waals surface area contributed by atoms with Gasteiger partial charge in [0.2, 0.25) is 0 Å². The topological polar surface area (TPSA) is 59.5 Å². The van der Waals surface area contributed by atoms with Crippen molar-refractivity contribution in [3.05, 3.63) is 95.1 Å². The fraction of sp³-hybridized carbons (Fsp3) is 0.321. The molecule has 0 radical (unpaired) electrons. The highest BCUT2D eigenvalue weighted by Gasteiger charge is 2.44. The van der Waals surface area contributed by atoms with Gasteiger partial charge in [-0.25, -0.2) is 9.18 Å². The number of halogens is 4. The summed E-state index contributed by atoms with van der Waals surface area (Å²) in [7, 11) is 0. The summed E-state index contributed by atoms with van der Waals surface area (Å²) in [6.45, 7) is -0.637. The zero-order valence-corrected chi connectivity index (χ0v) is 20.0. The molecule has 1 heterocycles. The Labute approximate surface area is 212 Å². The number of carbonyl (C=O) groups excluding carboxylic acids is 2. The van der Waals surface area contributed by atoms with Crippen LogP contribution in [0.4, 0.5) is 23.2 Å². The number of alkyl halides is 3. The van der Waals surface area contributed by atoms with Crippen LogP contribution >= 0.6 is 0 Å². The van der Waals surface area contributed by atoms with Crippen molar-refractivity contribution in [2.45, 2.75) is 57.3 Å². The van der Waals surface area contributed by atoms with E-state index in [-0.39, 0.29) is 22.8 Å². The maximum absolute atomic E-state index is 15.0. The number of ether oxygens (including phenoxy) is 1. The molecule has 1 aliphatic carbocycles. The molecule has 0 unspecified atom stereocenters. The first-order valence-electron chi connectivity index (χ1n) is 12.1. The standard InChI is InChI=1S/C28H26F4N2O3/c29-24-15-21(26(35)37-18-19-7-3-1-4-8-19)12-14-25(24)34(27(36)28(30,31)32)17-23-13-11-22(16-33-23)20-9-5-2-6-10-20/h1,3-4,7-8,11-16,20H,2,5-6,9-10,17-18H2. The summed E-state index contributed by atoms with van der Waals surface area (Å²) in [4.78, 5) is 29.1. The van der Waals surface area contributed by atoms with Crippen LogP contribution in [0, 0.1) is 5.82 Å². The number of aromatic nitrogens is 1. The summed E-state index contributed by atoms with van der Waals surface area (Å²) < 4.78 is 60.3. The van der Waals surface area contributed by atoms with Crippen LogP contribution in [0.2, 0.25) is 0 Å². The zero-order chi connectivity index (χ0) is 26.4. The third-order valence-electron chi connectivity index (χ3n) is 6.42. The number of hydrogen-bond donors (Lipinski definition) is 0. The van der Waals surface area contributed by atoms with Crippen LogP contribution < -0.4 is 4.90 Å². The number of rotatable bonds is 7. The molecule has 1 aliphatic rings. The molecule has 0 N–H and O–H groups in total. The predicted molar refractivity (Wildman–Crippen MR) is 129 cm³/mol. The van der Waals surface area contributed by atoms with E-state index >= 15 is 0 Å². The summed E-state index contributed by atoms with van der Waals surface area (Å²) in [5.41, 5.74) is 1.10. The minimum absolute atomic E-state index is 0.0513. The van der Waals surface area contributed by atoms with Gasteiger partial charge in [-0.3, -0.25) is 14.7 Å². The van der Waals surface area contributed by atoms with E-state index in [9.17, 15) is 27.2 Å². The van der Waals surface area contributed by atoms with Crippen LogP contribution in [-0.2, 0) is 22.7 Å². The van der Waals surface area contributed by atoms with Gasteiger partial charge in [0, 0.05) is 6.20 Å². The number of pyridine rings is 1. The molecule has 0 atom stereocenters. The van der Waals surface area contributed by atoms with Gasteiger partial charge < -0.3 is 4.74 Å². The van der Waals surface area contributed by atoms with Crippen molar-refractivity contribution in [1.29, 1.82) is 0 Å². The predicted octanol–water partition coefficient (Wildman–Crippen LogP) is 6.72. The normalized spacial score (nSPS) is 14.3. The van der Waals surface area contributed by atoms with E-state index in [2.05, 4.69) is 4.98 Å². The molecule has 1 aromatic heterocycles. The van der Waals surface area contributed by atoms with Crippen LogP contribution in [0.3, 0.4) is 0 Å². The smallest absolute Gasteiger partial charge is 0.457 e. The van der Waals surface area contributed by atoms with E-state index < -0.39 is 36.1 Å². The molecular formula is C28H26F4N2O3. The van der Waals surface area contributed by atoms with E-state index in [4.69, 9.17) is 4.74 Å². The molecule has 2 aromatic carbocycles. The maximum atomic E-state index is 15.0. The summed E-state index contributed by atoms with van der Waals surface area (Å²) in [6, 6.07) is 15.0. The monoisotopic (exact) mass is 514 g/mol. The lowest BCUT2D eigenvalue weighted by Crippen LogP contribution is -2.41. The molecule has 37 heavy (non-hydrogen) atoms. The van der Waals surface area contributed by atoms with Crippen molar-refractivity contribution >= 4 is 17.6 Å². The van der Waals surface area contributed by atoms with Crippen molar-refractivity contribution < 1.29 is 31.9 Å². The van der Waals surface area contributed by atoms with Gasteiger partial charge in [-0.15, -0.1) is 0 Å². The van der Waals surface area contributed by atoms with Crippen LogP contribution in [0.25, 0.3) is 0 Å². The highest BCUT2D eigenvalue weighted by molar-refractivity contribution is 5.98. The first kappa shape index (κ1) is 26.3. The molecule has 194 valence electrons. The number of anilines is 1. The Bertz CT molecular complexity index is 1220. The highest BCUT2D eigenvalue weighted by atomic mass is 19.4. The molecule has 0 spiro atoms. The second-order valence-electron chi connectivity index (χ2n) is 9.03. The van der Waals surface area contributed by atoms with Gasteiger partial charge in [0.1, 0.15) is 12.4 Å². The Morgan fingerprint density at radius 3 is 2.32 bits per heavy atom. The molecule has 0 bridgehead atoms. The number of carbonyl (C=O) groups is 2. The van der Waals surface area contributed by atoms with Gasteiger partial charge in [0.05, 0.1) is 23.5 Å². The number of benzene rings is 2. The number of esters is 1. The third-order valence-corrected chi connectivity index (χ3v) is 6.42. The molecule has 4 rings (SSSR count). The molecular weight excluding hydrogens is 488 g/mol. The molecule has 5 nitrogen and oxygen atoms in total. The zero-order valence-electron chi connectivity index (χ0n) is 20.0. The van der Waals surface area contributed by atoms with Crippen LogP contribution in [0.1, 0.15) is 65.2 Å². The first-order valence-corrected chi connectivity index (χ1v) is 12.1. The summed E-state index contributed by atoms with van der Waals surface area (Å²) in [5.74, 6) is -3.88. The number of amides is 1. The third kappa shape index (κ3) is 6.72. The summed E-state index contributed by atoms with van der Waals surface area (Å²) in [6.07, 6.45) is 1.87. The average molecular weight is 515 g/mol. The Morgan fingerprint density at radius 1 is 0.973 bits per heavy atom. The molecule has 3 aromatic rings. The van der Waals surface area contributed by atoms with Gasteiger partial charge in [0.15, 0.2) is 0 Å². The van der Waals surface area contributed by atoms with E-state index in [0.717, 1.165) is 55.0 Å². The largest absolute Gasteiger partial charge is 0.471 e. The Morgan fingerprint density at radius 2 is 1.70 bits per heavy atom. The second kappa shape index (κ2) is 11.5. The van der Waals surface area contributed by atoms with E-state index in [1.54, 1.807) is 48.7 Å². The summed E-state index contributed by atoms with van der Waals surface area (Å²) in [5, 5.41) is 0. The van der Waals surface area contributed by atoms with Gasteiger partial charge in [-0.05, 0) is 54.2 Å². The van der Waals surface area contributed by atoms with Crippen molar-refractivity contribution in [2.24, 2.45) is 0 Å². The molecule has 0 aliphatic heterocycles. The van der Waals surface area contributed by atoms with Gasteiger partial charge >= 0.3 is 18.1 Å². The molecule has 1 saturated carbocycles. The SMILES string of the molecule is O=C(OCc1ccccc1)c1ccc(N(Cc2ccc(C3CCCCC3)cn2)C(=O)C(F)(F)F)c(F)c1. The van der Waals surface area contributed by atoms with E-state index in [1.807, 2.05) is 0 Å². The van der Waals surface area contributed by atoms with Crippen molar-refractivity contribution in [2.75, 3.05) is 4.90 Å². The van der Waals surface area contributed by atoms with Gasteiger partial charge in [-0.1, -0.05) is 55.7 Å². The van der Waals surface area contributed by atoms with Crippen molar-refractivity contribution in [3.63, 3.8) is 0 Å². The lowest BCUT2D eigenvalue weighted by molar-refractivity contribution is -0.170. The van der Waals surface area contributed by atoms with Crippen LogP contribution in [0.5, 0.6) is 0 Å². The first-order chi connectivity index (χ1) is 17.7. The quantitative estimate of drug-likeness (QED) is 0.259. The molecule has 1 fully saturated rings. The Balaban J connectivity index is 1.52. The fourth-order valence-electron chi connectivity index (χ4n) is 4.45. The minimum Gasteiger partial charge on any atom is -0.457 e. The van der Waals surface area contributed by atoms with E-state index in [1.165, 1.54) is 6.42 Å².